The molecule has 3 nitrogen and oxygen atoms in total. The van der Waals surface area contributed by atoms with E-state index in [-0.39, 0.29) is 18.7 Å². The monoisotopic (exact) mass is 141 g/mol. The van der Waals surface area contributed by atoms with Gasteiger partial charge in [-0.2, -0.15) is 0 Å². The number of nitrogens with zero attached hydrogens (tertiary/aromatic N) is 1. The summed E-state index contributed by atoms with van der Waals surface area (Å²) in [6.07, 6.45) is -0.103. The van der Waals surface area contributed by atoms with Crippen molar-refractivity contribution in [2.75, 3.05) is 26.7 Å². The summed E-state index contributed by atoms with van der Waals surface area (Å²) < 4.78 is 5.19. The highest BCUT2D eigenvalue weighted by atomic mass is 16.5. The molecule has 1 aliphatic rings. The van der Waals surface area contributed by atoms with E-state index in [0.717, 1.165) is 13.1 Å². The van der Waals surface area contributed by atoms with Crippen molar-refractivity contribution in [3.8, 4) is 0 Å². The van der Waals surface area contributed by atoms with Crippen LogP contribution < -0.4 is 0 Å². The summed E-state index contributed by atoms with van der Waals surface area (Å²) in [6, 6.07) is -0.240. The molecule has 0 saturated carbocycles. The van der Waals surface area contributed by atoms with Crippen molar-refractivity contribution in [2.45, 2.75) is 12.1 Å². The van der Waals surface area contributed by atoms with E-state index in [9.17, 15) is 0 Å². The molecular formula is C6H12BNO2. The van der Waals surface area contributed by atoms with Crippen LogP contribution in [0.15, 0.2) is 0 Å². The van der Waals surface area contributed by atoms with Gasteiger partial charge in [0.15, 0.2) is 0 Å². The molecule has 0 aromatic carbocycles. The van der Waals surface area contributed by atoms with Crippen molar-refractivity contribution < 1.29 is 9.84 Å². The van der Waals surface area contributed by atoms with Crippen molar-refractivity contribution in [2.24, 2.45) is 0 Å². The zero-order valence-corrected chi connectivity index (χ0v) is 6.16. The lowest BCUT2D eigenvalue weighted by Crippen LogP contribution is -2.47. The van der Waals surface area contributed by atoms with Gasteiger partial charge in [0.05, 0.1) is 12.7 Å². The highest BCUT2D eigenvalue weighted by molar-refractivity contribution is 6.11. The Morgan fingerprint density at radius 1 is 1.70 bits per heavy atom. The Bertz CT molecular complexity index is 102. The summed E-state index contributed by atoms with van der Waals surface area (Å²) in [6.45, 7) is 1.57. The van der Waals surface area contributed by atoms with Crippen LogP contribution in [0.2, 0.25) is 0 Å². The van der Waals surface area contributed by atoms with E-state index in [1.807, 2.05) is 7.05 Å². The molecule has 1 aliphatic heterocycles. The first kappa shape index (κ1) is 8.05. The lowest BCUT2D eigenvalue weighted by atomic mass is 9.98. The summed E-state index contributed by atoms with van der Waals surface area (Å²) in [5.41, 5.74) is 0. The second kappa shape index (κ2) is 3.37. The molecule has 0 aliphatic carbocycles. The first-order valence-corrected chi connectivity index (χ1v) is 3.43. The van der Waals surface area contributed by atoms with E-state index in [4.69, 9.17) is 17.7 Å². The second-order valence-corrected chi connectivity index (χ2v) is 2.70. The molecule has 0 spiro atoms. The van der Waals surface area contributed by atoms with Crippen LogP contribution in [-0.2, 0) is 4.74 Å². The Hall–Kier alpha value is -0.0551. The number of aliphatic hydroxyl groups excluding tert-OH is 1. The average molecular weight is 141 g/mol. The number of morpholine rings is 1. The van der Waals surface area contributed by atoms with Crippen molar-refractivity contribution in [3.63, 3.8) is 0 Å². The highest BCUT2D eigenvalue weighted by Gasteiger charge is 2.21. The first-order valence-electron chi connectivity index (χ1n) is 3.43. The topological polar surface area (TPSA) is 32.7 Å². The van der Waals surface area contributed by atoms with Crippen LogP contribution in [0.4, 0.5) is 0 Å². The summed E-state index contributed by atoms with van der Waals surface area (Å²) >= 11 is 0. The van der Waals surface area contributed by atoms with Crippen molar-refractivity contribution in [1.82, 2.24) is 4.90 Å². The molecule has 0 aromatic rings. The number of ether oxygens (including phenoxy) is 1. The predicted octanol–water partition coefficient (Wildman–Crippen LogP) is -1.20. The van der Waals surface area contributed by atoms with Crippen molar-refractivity contribution in [1.29, 1.82) is 0 Å². The molecule has 2 radical (unpaired) electrons. The zero-order chi connectivity index (χ0) is 7.56. The Labute approximate surface area is 62.4 Å². The third-order valence-corrected chi connectivity index (χ3v) is 1.58. The van der Waals surface area contributed by atoms with Gasteiger partial charge in [-0.15, -0.1) is 0 Å². The fourth-order valence-electron chi connectivity index (χ4n) is 1.16. The third kappa shape index (κ3) is 1.97. The molecule has 1 rings (SSSR count). The normalized spacial score (nSPS) is 36.2. The van der Waals surface area contributed by atoms with Crippen molar-refractivity contribution >= 4 is 7.85 Å². The standard InChI is InChI=1S/C6H12BNO2/c1-8-2-5(4-9)10-6(7)3-8/h5-6,9H,2-4H2,1H3. The van der Waals surface area contributed by atoms with Crippen LogP contribution in [0.1, 0.15) is 0 Å². The fourth-order valence-corrected chi connectivity index (χ4v) is 1.16. The van der Waals surface area contributed by atoms with Gasteiger partial charge >= 0.3 is 0 Å². The molecule has 0 aromatic heterocycles. The molecule has 1 N–H and O–H groups in total. The third-order valence-electron chi connectivity index (χ3n) is 1.58. The number of hydrogen-bond donors (Lipinski definition) is 1. The minimum atomic E-state index is -0.240. The van der Waals surface area contributed by atoms with Gasteiger partial charge in [-0.25, -0.2) is 0 Å². The van der Waals surface area contributed by atoms with Crippen molar-refractivity contribution in [3.05, 3.63) is 0 Å². The predicted molar refractivity (Wildman–Crippen MR) is 39.0 cm³/mol. The van der Waals surface area contributed by atoms with Crippen LogP contribution in [-0.4, -0.2) is 56.7 Å². The molecule has 4 heteroatoms. The molecule has 56 valence electrons. The molecule has 1 saturated heterocycles. The van der Waals surface area contributed by atoms with Gasteiger partial charge in [0.1, 0.15) is 7.85 Å². The lowest BCUT2D eigenvalue weighted by molar-refractivity contribution is -0.0642. The van der Waals surface area contributed by atoms with E-state index in [0.29, 0.717) is 0 Å². The van der Waals surface area contributed by atoms with Gasteiger partial charge in [-0.1, -0.05) is 0 Å². The molecule has 0 bridgehead atoms. The molecule has 2 atom stereocenters. The number of hydrogen-bond acceptors (Lipinski definition) is 3. The maximum atomic E-state index is 8.72. The number of aliphatic hydroxyl groups is 1. The van der Waals surface area contributed by atoms with Crippen LogP contribution in [0.25, 0.3) is 0 Å². The Balaban J connectivity index is 2.35. The van der Waals surface area contributed by atoms with Crippen LogP contribution in [0.3, 0.4) is 0 Å². The minimum absolute atomic E-state index is 0.0536. The Kier molecular flexibility index (Phi) is 2.71. The largest absolute Gasteiger partial charge is 0.394 e. The lowest BCUT2D eigenvalue weighted by Gasteiger charge is -2.33. The van der Waals surface area contributed by atoms with E-state index < -0.39 is 0 Å². The summed E-state index contributed by atoms with van der Waals surface area (Å²) in [7, 11) is 7.48. The van der Waals surface area contributed by atoms with Gasteiger partial charge in [-0.05, 0) is 7.05 Å². The Morgan fingerprint density at radius 3 is 2.90 bits per heavy atom. The molecule has 1 heterocycles. The van der Waals surface area contributed by atoms with Gasteiger partial charge in [0, 0.05) is 19.1 Å². The quantitative estimate of drug-likeness (QED) is 0.465. The van der Waals surface area contributed by atoms with Crippen LogP contribution in [0.5, 0.6) is 0 Å². The summed E-state index contributed by atoms with van der Waals surface area (Å²) in [5, 5.41) is 8.72. The van der Waals surface area contributed by atoms with Crippen LogP contribution >= 0.6 is 0 Å². The SMILES string of the molecule is [B]C1CN(C)CC(CO)O1. The van der Waals surface area contributed by atoms with E-state index in [1.165, 1.54) is 0 Å². The zero-order valence-electron chi connectivity index (χ0n) is 6.16. The molecular weight excluding hydrogens is 129 g/mol. The molecule has 10 heavy (non-hydrogen) atoms. The van der Waals surface area contributed by atoms with Gasteiger partial charge < -0.3 is 14.7 Å². The summed E-state index contributed by atoms with van der Waals surface area (Å²) in [5.74, 6) is 0. The maximum absolute atomic E-state index is 8.72. The minimum Gasteiger partial charge on any atom is -0.394 e. The van der Waals surface area contributed by atoms with E-state index in [2.05, 4.69) is 4.90 Å². The molecule has 0 amide bonds. The molecule has 1 fully saturated rings. The number of rotatable bonds is 1. The molecule has 2 unspecified atom stereocenters. The number of likely N-dealkylation sites (N-methyl/N-ethyl adjacent to an activating group) is 1. The van der Waals surface area contributed by atoms with Gasteiger partial charge in [-0.3, -0.25) is 0 Å². The first-order chi connectivity index (χ1) is 4.72. The smallest absolute Gasteiger partial charge is 0.110 e. The average Bonchev–Trinajstić information content (AvgIpc) is 1.85. The highest BCUT2D eigenvalue weighted by Crippen LogP contribution is 2.05. The van der Waals surface area contributed by atoms with Gasteiger partial charge in [0.2, 0.25) is 0 Å². The van der Waals surface area contributed by atoms with Crippen LogP contribution in [0, 0.1) is 0 Å². The second-order valence-electron chi connectivity index (χ2n) is 2.70. The van der Waals surface area contributed by atoms with E-state index >= 15 is 0 Å². The summed E-state index contributed by atoms with van der Waals surface area (Å²) in [4.78, 5) is 2.05. The maximum Gasteiger partial charge on any atom is 0.110 e. The van der Waals surface area contributed by atoms with Gasteiger partial charge in [0.25, 0.3) is 0 Å². The Morgan fingerprint density at radius 2 is 2.40 bits per heavy atom. The van der Waals surface area contributed by atoms with E-state index in [1.54, 1.807) is 0 Å². The fraction of sp³-hybridized carbons (Fsp3) is 1.00.